The lowest BCUT2D eigenvalue weighted by atomic mass is 10.1. The first-order valence-electron chi connectivity index (χ1n) is 9.46. The van der Waals surface area contributed by atoms with Crippen molar-refractivity contribution in [1.29, 1.82) is 0 Å². The lowest BCUT2D eigenvalue weighted by Gasteiger charge is -2.22. The summed E-state index contributed by atoms with van der Waals surface area (Å²) in [4.78, 5) is 36.6. The zero-order valence-electron chi connectivity index (χ0n) is 18.7. The predicted octanol–water partition coefficient (Wildman–Crippen LogP) is 1.75. The van der Waals surface area contributed by atoms with Crippen LogP contribution in [0.2, 0.25) is 0 Å². The van der Waals surface area contributed by atoms with E-state index in [0.29, 0.717) is 22.9 Å². The Hall–Kier alpha value is -3.30. The molecule has 0 amide bonds. The van der Waals surface area contributed by atoms with Crippen molar-refractivity contribution in [1.82, 2.24) is 29.8 Å². The molecule has 0 unspecified atom stereocenters. The van der Waals surface area contributed by atoms with Gasteiger partial charge in [-0.2, -0.15) is 15.3 Å². The van der Waals surface area contributed by atoms with Crippen molar-refractivity contribution in [2.75, 3.05) is 19.0 Å². The van der Waals surface area contributed by atoms with Crippen molar-refractivity contribution >= 4 is 22.9 Å². The molecule has 0 radical (unpaired) electrons. The molecular formula is C20H29N7O3. The van der Waals surface area contributed by atoms with Gasteiger partial charge in [0.2, 0.25) is 0 Å². The molecule has 0 aliphatic rings. The van der Waals surface area contributed by atoms with E-state index in [1.165, 1.54) is 21.8 Å². The second-order valence-corrected chi connectivity index (χ2v) is 9.07. The van der Waals surface area contributed by atoms with Crippen LogP contribution in [-0.2, 0) is 11.1 Å². The topological polar surface area (TPSA) is 119 Å². The number of hydrogen-bond donors (Lipinski definition) is 1. The van der Waals surface area contributed by atoms with Gasteiger partial charge in [0, 0.05) is 14.1 Å². The van der Waals surface area contributed by atoms with E-state index in [1.807, 2.05) is 41.5 Å². The molecule has 0 aliphatic heterocycles. The summed E-state index contributed by atoms with van der Waals surface area (Å²) in [7, 11) is 3.54. The maximum atomic E-state index is 12.0. The van der Waals surface area contributed by atoms with E-state index >= 15 is 0 Å². The van der Waals surface area contributed by atoms with Crippen LogP contribution in [0.25, 0.3) is 10.9 Å². The number of rotatable bonds is 2. The van der Waals surface area contributed by atoms with Gasteiger partial charge in [-0.05, 0) is 41.5 Å². The van der Waals surface area contributed by atoms with Gasteiger partial charge in [0.25, 0.3) is 11.1 Å². The van der Waals surface area contributed by atoms with Crippen LogP contribution in [-0.4, -0.2) is 50.1 Å². The summed E-state index contributed by atoms with van der Waals surface area (Å²) >= 11 is 0. The first kappa shape index (κ1) is 23.0. The fourth-order valence-corrected chi connectivity index (χ4v) is 2.73. The second-order valence-electron chi connectivity index (χ2n) is 9.07. The van der Waals surface area contributed by atoms with Gasteiger partial charge in [0.05, 0.1) is 46.3 Å². The van der Waals surface area contributed by atoms with Crippen molar-refractivity contribution in [3.63, 3.8) is 0 Å². The highest BCUT2D eigenvalue weighted by atomic mass is 16.1. The SMILES string of the molecule is CC(C)(C)n1ncc2[nH]ncc2c1=O.CN(C)c1cnn(C(C)(C)C)c(=O)c1C=O. The Kier molecular flexibility index (Phi) is 6.29. The number of fused-ring (bicyclic) bond motifs is 1. The molecule has 30 heavy (non-hydrogen) atoms. The third kappa shape index (κ3) is 4.64. The first-order valence-corrected chi connectivity index (χ1v) is 9.46. The fraction of sp³-hybridized carbons (Fsp3) is 0.500. The minimum Gasteiger partial charge on any atom is -0.376 e. The van der Waals surface area contributed by atoms with Crippen LogP contribution in [0.1, 0.15) is 51.9 Å². The largest absolute Gasteiger partial charge is 0.376 e. The summed E-state index contributed by atoms with van der Waals surface area (Å²) in [6.07, 6.45) is 5.27. The van der Waals surface area contributed by atoms with Gasteiger partial charge in [-0.1, -0.05) is 0 Å². The van der Waals surface area contributed by atoms with Crippen molar-refractivity contribution in [3.8, 4) is 0 Å². The quantitative estimate of drug-likeness (QED) is 0.633. The molecule has 0 aliphatic carbocycles. The molecular weight excluding hydrogens is 386 g/mol. The number of aromatic amines is 1. The number of aromatic nitrogens is 6. The number of H-pyrrole nitrogens is 1. The fourth-order valence-electron chi connectivity index (χ4n) is 2.73. The number of nitrogens with one attached hydrogen (secondary N) is 1. The zero-order valence-corrected chi connectivity index (χ0v) is 18.7. The average molecular weight is 415 g/mol. The summed E-state index contributed by atoms with van der Waals surface area (Å²) < 4.78 is 2.79. The molecule has 0 bridgehead atoms. The Balaban J connectivity index is 0.000000215. The number of aldehydes is 1. The van der Waals surface area contributed by atoms with E-state index < -0.39 is 5.54 Å². The third-order valence-corrected chi connectivity index (χ3v) is 4.26. The summed E-state index contributed by atoms with van der Waals surface area (Å²) in [5.74, 6) is 0. The number of nitrogens with zero attached hydrogens (tertiary/aromatic N) is 6. The average Bonchev–Trinajstić information content (AvgIpc) is 3.09. The summed E-state index contributed by atoms with van der Waals surface area (Å²) in [6, 6.07) is 0. The third-order valence-electron chi connectivity index (χ3n) is 4.26. The first-order chi connectivity index (χ1) is 13.8. The molecule has 10 heteroatoms. The van der Waals surface area contributed by atoms with Crippen LogP contribution >= 0.6 is 0 Å². The van der Waals surface area contributed by atoms with Crippen LogP contribution in [0.15, 0.2) is 28.2 Å². The molecule has 3 aromatic rings. The molecule has 0 saturated heterocycles. The molecule has 0 saturated carbocycles. The number of carbonyl (C=O) groups excluding carboxylic acids is 1. The highest BCUT2D eigenvalue weighted by Gasteiger charge is 2.20. The van der Waals surface area contributed by atoms with Crippen molar-refractivity contribution < 1.29 is 4.79 Å². The van der Waals surface area contributed by atoms with E-state index in [0.717, 1.165) is 0 Å². The van der Waals surface area contributed by atoms with Crippen LogP contribution in [0.3, 0.4) is 0 Å². The Bertz CT molecular complexity index is 1160. The van der Waals surface area contributed by atoms with E-state index in [1.54, 1.807) is 25.2 Å². The molecule has 3 rings (SSSR count). The van der Waals surface area contributed by atoms with Crippen molar-refractivity contribution in [2.45, 2.75) is 52.6 Å². The summed E-state index contributed by atoms with van der Waals surface area (Å²) in [5, 5.41) is 15.3. The number of carbonyl (C=O) groups is 1. The van der Waals surface area contributed by atoms with Gasteiger partial charge in [0.1, 0.15) is 5.56 Å². The smallest absolute Gasteiger partial charge is 0.279 e. The standard InChI is InChI=1S/C11H17N3O2.C9H12N4O/c1-11(2,3)14-10(16)8(7-15)9(6-12-14)13(4)5;1-9(2,3)13-8(14)6-4-10-12-7(6)5-11-13/h6-7H,1-5H3;4-5H,1-3H3,(H,10,12). The van der Waals surface area contributed by atoms with Gasteiger partial charge >= 0.3 is 0 Å². The zero-order chi connectivity index (χ0) is 22.9. The Labute approximate surface area is 174 Å². The Morgan fingerprint density at radius 2 is 1.43 bits per heavy atom. The maximum Gasteiger partial charge on any atom is 0.279 e. The second kappa shape index (κ2) is 8.21. The van der Waals surface area contributed by atoms with Crippen LogP contribution in [0, 0.1) is 0 Å². The molecule has 0 aromatic carbocycles. The monoisotopic (exact) mass is 415 g/mol. The van der Waals surface area contributed by atoms with Crippen LogP contribution in [0.5, 0.6) is 0 Å². The van der Waals surface area contributed by atoms with Gasteiger partial charge < -0.3 is 4.90 Å². The number of hydrogen-bond acceptors (Lipinski definition) is 7. The molecule has 3 aromatic heterocycles. The molecule has 162 valence electrons. The Morgan fingerprint density at radius 3 is 1.93 bits per heavy atom. The molecule has 0 spiro atoms. The Morgan fingerprint density at radius 1 is 0.900 bits per heavy atom. The lowest BCUT2D eigenvalue weighted by molar-refractivity contribution is 0.112. The minimum atomic E-state index is -0.431. The normalized spacial score (nSPS) is 11.7. The van der Waals surface area contributed by atoms with Crippen LogP contribution in [0.4, 0.5) is 5.69 Å². The molecule has 0 fully saturated rings. The van der Waals surface area contributed by atoms with Gasteiger partial charge in [0.15, 0.2) is 6.29 Å². The predicted molar refractivity (Wildman–Crippen MR) is 116 cm³/mol. The summed E-state index contributed by atoms with van der Waals surface area (Å²) in [6.45, 7) is 11.4. The van der Waals surface area contributed by atoms with Gasteiger partial charge in [-0.3, -0.25) is 19.5 Å². The molecule has 3 heterocycles. The molecule has 10 nitrogen and oxygen atoms in total. The molecule has 0 atom stereocenters. The van der Waals surface area contributed by atoms with Gasteiger partial charge in [-0.25, -0.2) is 9.36 Å². The van der Waals surface area contributed by atoms with Crippen LogP contribution < -0.4 is 16.0 Å². The maximum absolute atomic E-state index is 12.0. The molecule has 1 N–H and O–H groups in total. The van der Waals surface area contributed by atoms with E-state index in [-0.39, 0.29) is 22.2 Å². The van der Waals surface area contributed by atoms with E-state index in [9.17, 15) is 14.4 Å². The van der Waals surface area contributed by atoms with E-state index in [2.05, 4.69) is 20.4 Å². The lowest BCUT2D eigenvalue weighted by Crippen LogP contribution is -2.38. The van der Waals surface area contributed by atoms with Crippen molar-refractivity contribution in [2.24, 2.45) is 0 Å². The number of anilines is 1. The van der Waals surface area contributed by atoms with Gasteiger partial charge in [-0.15, -0.1) is 0 Å². The summed E-state index contributed by atoms with van der Waals surface area (Å²) in [5.41, 5.74) is 0.172. The minimum absolute atomic E-state index is 0.108. The highest BCUT2D eigenvalue weighted by molar-refractivity contribution is 5.83. The van der Waals surface area contributed by atoms with E-state index in [4.69, 9.17) is 0 Å². The highest BCUT2D eigenvalue weighted by Crippen LogP contribution is 2.15. The van der Waals surface area contributed by atoms with Crippen molar-refractivity contribution in [3.05, 3.63) is 44.9 Å².